The molecule has 0 unspecified atom stereocenters. The predicted molar refractivity (Wildman–Crippen MR) is 41.7 cm³/mol. The van der Waals surface area contributed by atoms with Crippen LogP contribution in [0, 0.1) is 5.92 Å². The Morgan fingerprint density at radius 2 is 1.11 bits per heavy atom. The van der Waals surface area contributed by atoms with Gasteiger partial charge in [-0.15, -0.1) is 0 Å². The molecule has 0 aliphatic carbocycles. The molecule has 0 atom stereocenters. The molecular formula is C8H9F9O. The molecule has 0 aromatic carbocycles. The van der Waals surface area contributed by atoms with Crippen molar-refractivity contribution in [3.8, 4) is 0 Å². The zero-order valence-corrected chi connectivity index (χ0v) is 9.09. The van der Waals surface area contributed by atoms with Crippen LogP contribution in [0.1, 0.15) is 13.8 Å². The van der Waals surface area contributed by atoms with Crippen molar-refractivity contribution in [2.24, 2.45) is 5.92 Å². The number of halogens is 9. The Kier molecular flexibility index (Phi) is 4.60. The largest absolute Gasteiger partial charge is 0.440 e. The zero-order valence-electron chi connectivity index (χ0n) is 9.09. The molecule has 0 heterocycles. The number of ether oxygens (including phenoxy) is 1. The Morgan fingerprint density at radius 1 is 0.778 bits per heavy atom. The number of rotatable bonds is 4. The summed E-state index contributed by atoms with van der Waals surface area (Å²) in [6, 6.07) is 0. The van der Waals surface area contributed by atoms with Gasteiger partial charge in [-0.3, -0.25) is 0 Å². The topological polar surface area (TPSA) is 9.23 Å². The molecule has 10 heteroatoms. The average Bonchev–Trinajstić information content (AvgIpc) is 2.09. The third kappa shape index (κ3) is 3.01. The maximum Gasteiger partial charge on any atom is 0.440 e. The van der Waals surface area contributed by atoms with Crippen LogP contribution < -0.4 is 0 Å². The van der Waals surface area contributed by atoms with Crippen molar-refractivity contribution in [2.75, 3.05) is 6.61 Å². The summed E-state index contributed by atoms with van der Waals surface area (Å²) in [6.45, 7) is 1.22. The van der Waals surface area contributed by atoms with Crippen LogP contribution in [-0.4, -0.2) is 30.7 Å². The molecule has 0 rings (SSSR count). The first-order chi connectivity index (χ1) is 7.67. The lowest BCUT2D eigenvalue weighted by molar-refractivity contribution is -0.449. The van der Waals surface area contributed by atoms with Gasteiger partial charge in [-0.2, -0.15) is 35.1 Å². The molecule has 0 aromatic heterocycles. The number of alkyl halides is 9. The van der Waals surface area contributed by atoms with Crippen molar-refractivity contribution in [3.63, 3.8) is 0 Å². The highest BCUT2D eigenvalue weighted by atomic mass is 19.4. The van der Waals surface area contributed by atoms with Gasteiger partial charge < -0.3 is 4.74 Å². The standard InChI is InChI=1S/C8H9F9O/c1-4(2)3-18-8(16,17)5(9,6(10,11)12)7(13,14)15/h4H,3H2,1-2H3. The molecule has 1 nitrogen and oxygen atoms in total. The number of hydrogen-bond donors (Lipinski definition) is 0. The molecule has 0 aliphatic heterocycles. The second kappa shape index (κ2) is 4.78. The molecule has 0 aliphatic rings. The van der Waals surface area contributed by atoms with E-state index in [0.717, 1.165) is 0 Å². The quantitative estimate of drug-likeness (QED) is 0.709. The van der Waals surface area contributed by atoms with Crippen LogP contribution in [0.2, 0.25) is 0 Å². The Labute approximate surface area is 95.9 Å². The summed E-state index contributed by atoms with van der Waals surface area (Å²) in [5.41, 5.74) is -6.75. The fourth-order valence-electron chi connectivity index (χ4n) is 0.862. The van der Waals surface area contributed by atoms with Crippen LogP contribution in [0.3, 0.4) is 0 Å². The van der Waals surface area contributed by atoms with Gasteiger partial charge in [0.25, 0.3) is 0 Å². The van der Waals surface area contributed by atoms with E-state index < -0.39 is 36.7 Å². The van der Waals surface area contributed by atoms with Crippen LogP contribution in [-0.2, 0) is 4.74 Å². The van der Waals surface area contributed by atoms with Gasteiger partial charge in [-0.1, -0.05) is 13.8 Å². The van der Waals surface area contributed by atoms with Crippen LogP contribution in [0.25, 0.3) is 0 Å². The number of hydrogen-bond acceptors (Lipinski definition) is 1. The smallest absolute Gasteiger partial charge is 0.317 e. The molecule has 0 aromatic rings. The molecular weight excluding hydrogens is 283 g/mol. The minimum atomic E-state index is -6.86. The third-order valence-corrected chi connectivity index (χ3v) is 1.78. The maximum atomic E-state index is 12.9. The van der Waals surface area contributed by atoms with Crippen molar-refractivity contribution in [3.05, 3.63) is 0 Å². The Bertz CT molecular complexity index is 263. The highest BCUT2D eigenvalue weighted by Crippen LogP contribution is 2.54. The molecule has 0 saturated heterocycles. The molecule has 0 N–H and O–H groups in total. The van der Waals surface area contributed by atoms with E-state index in [1.165, 1.54) is 13.8 Å². The molecule has 0 bridgehead atoms. The Morgan fingerprint density at radius 3 is 1.33 bits per heavy atom. The van der Waals surface area contributed by atoms with Crippen molar-refractivity contribution in [1.82, 2.24) is 0 Å². The minimum absolute atomic E-state index is 0.804. The first-order valence-corrected chi connectivity index (χ1v) is 4.51. The van der Waals surface area contributed by atoms with E-state index in [1.54, 1.807) is 0 Å². The lowest BCUT2D eigenvalue weighted by Crippen LogP contribution is -2.65. The van der Waals surface area contributed by atoms with E-state index in [0.29, 0.717) is 0 Å². The van der Waals surface area contributed by atoms with Gasteiger partial charge in [0.1, 0.15) is 0 Å². The molecule has 18 heavy (non-hydrogen) atoms. The van der Waals surface area contributed by atoms with E-state index in [9.17, 15) is 39.5 Å². The zero-order chi connectivity index (χ0) is 15.0. The van der Waals surface area contributed by atoms with Gasteiger partial charge in [-0.05, 0) is 5.92 Å². The summed E-state index contributed by atoms with van der Waals surface area (Å²) >= 11 is 0. The summed E-state index contributed by atoms with van der Waals surface area (Å²) in [6.07, 6.45) is -19.8. The molecule has 110 valence electrons. The van der Waals surface area contributed by atoms with Crippen LogP contribution in [0.15, 0.2) is 0 Å². The molecule has 0 radical (unpaired) electrons. The Hall–Kier alpha value is -0.670. The summed E-state index contributed by atoms with van der Waals surface area (Å²) in [5.74, 6) is -0.804. The first-order valence-electron chi connectivity index (χ1n) is 4.51. The van der Waals surface area contributed by atoms with Crippen molar-refractivity contribution < 1.29 is 44.3 Å². The van der Waals surface area contributed by atoms with E-state index in [1.807, 2.05) is 0 Å². The van der Waals surface area contributed by atoms with Crippen LogP contribution in [0.5, 0.6) is 0 Å². The van der Waals surface area contributed by atoms with E-state index in [4.69, 9.17) is 0 Å². The van der Waals surface area contributed by atoms with Crippen LogP contribution in [0.4, 0.5) is 39.5 Å². The predicted octanol–water partition coefficient (Wildman–Crippen LogP) is 4.08. The van der Waals surface area contributed by atoms with E-state index >= 15 is 0 Å². The van der Waals surface area contributed by atoms with Gasteiger partial charge >= 0.3 is 24.1 Å². The normalized spacial score (nSPS) is 15.3. The summed E-state index contributed by atoms with van der Waals surface area (Å²) in [7, 11) is 0. The second-order valence-corrected chi connectivity index (χ2v) is 3.88. The summed E-state index contributed by atoms with van der Waals surface area (Å²) in [5, 5.41) is 0. The van der Waals surface area contributed by atoms with Crippen molar-refractivity contribution >= 4 is 0 Å². The molecule has 0 saturated carbocycles. The molecule has 0 spiro atoms. The van der Waals surface area contributed by atoms with Gasteiger partial charge in [0, 0.05) is 0 Å². The highest BCUT2D eigenvalue weighted by molar-refractivity contribution is 5.01. The molecule has 0 amide bonds. The summed E-state index contributed by atoms with van der Waals surface area (Å²) < 4.78 is 113. The first kappa shape index (κ1) is 17.3. The average molecular weight is 292 g/mol. The van der Waals surface area contributed by atoms with Crippen LogP contribution >= 0.6 is 0 Å². The second-order valence-electron chi connectivity index (χ2n) is 3.88. The van der Waals surface area contributed by atoms with Gasteiger partial charge in [-0.25, -0.2) is 4.39 Å². The van der Waals surface area contributed by atoms with E-state index in [-0.39, 0.29) is 0 Å². The maximum absolute atomic E-state index is 12.9. The minimum Gasteiger partial charge on any atom is -0.317 e. The lowest BCUT2D eigenvalue weighted by Gasteiger charge is -2.35. The van der Waals surface area contributed by atoms with E-state index in [2.05, 4.69) is 4.74 Å². The van der Waals surface area contributed by atoms with Gasteiger partial charge in [0.2, 0.25) is 0 Å². The van der Waals surface area contributed by atoms with Gasteiger partial charge in [0.05, 0.1) is 6.61 Å². The highest BCUT2D eigenvalue weighted by Gasteiger charge is 2.85. The van der Waals surface area contributed by atoms with Crippen molar-refractivity contribution in [1.29, 1.82) is 0 Å². The SMILES string of the molecule is CC(C)COC(F)(F)C(F)(C(F)(F)F)C(F)(F)F. The monoisotopic (exact) mass is 292 g/mol. The third-order valence-electron chi connectivity index (χ3n) is 1.78. The Balaban J connectivity index is 5.47. The summed E-state index contributed by atoms with van der Waals surface area (Å²) in [4.78, 5) is 0. The van der Waals surface area contributed by atoms with Crippen molar-refractivity contribution in [2.45, 2.75) is 38.0 Å². The fraction of sp³-hybridized carbons (Fsp3) is 1.00. The molecule has 0 fully saturated rings. The lowest BCUT2D eigenvalue weighted by atomic mass is 10.0. The fourth-order valence-corrected chi connectivity index (χ4v) is 0.862. The van der Waals surface area contributed by atoms with Gasteiger partial charge in [0.15, 0.2) is 0 Å².